The topological polar surface area (TPSA) is 56.2 Å². The minimum absolute atomic E-state index is 0.215. The molecule has 3 nitrogen and oxygen atoms in total. The summed E-state index contributed by atoms with van der Waals surface area (Å²) in [7, 11) is 0. The van der Waals surface area contributed by atoms with Crippen molar-refractivity contribution in [3.05, 3.63) is 76.8 Å². The maximum Gasteiger partial charge on any atom is 0.284 e. The lowest BCUT2D eigenvalue weighted by Gasteiger charge is -2.35. The maximum atomic E-state index is 10.3. The van der Waals surface area contributed by atoms with Crippen molar-refractivity contribution in [3.63, 3.8) is 0 Å². The van der Waals surface area contributed by atoms with Gasteiger partial charge in [-0.2, -0.15) is 0 Å². The van der Waals surface area contributed by atoms with Crippen LogP contribution in [0.5, 0.6) is 0 Å². The predicted octanol–water partition coefficient (Wildman–Crippen LogP) is 8.11. The molecule has 174 valence electrons. The Morgan fingerprint density at radius 1 is 1.03 bits per heavy atom. The summed E-state index contributed by atoms with van der Waals surface area (Å²) in [5.41, 5.74) is 11.2. The molecule has 3 heteroatoms. The third-order valence-corrected chi connectivity index (χ3v) is 6.06. The number of allylic oxidation sites excluding steroid dienone is 4. The molecular weight excluding hydrogens is 394 g/mol. The number of carbonyl (C=O) groups excluding carboxylic acids is 1. The van der Waals surface area contributed by atoms with E-state index in [4.69, 9.17) is 10.2 Å². The number of hydrogen-bond acceptors (Lipinski definition) is 2. The molecule has 0 radical (unpaired) electrons. The van der Waals surface area contributed by atoms with Crippen molar-refractivity contribution < 1.29 is 9.21 Å². The van der Waals surface area contributed by atoms with Gasteiger partial charge in [0.2, 0.25) is 0 Å². The van der Waals surface area contributed by atoms with Crippen LogP contribution in [0.3, 0.4) is 0 Å². The number of amides is 1. The number of benzene rings is 1. The van der Waals surface area contributed by atoms with E-state index in [1.165, 1.54) is 49.7 Å². The summed E-state index contributed by atoms with van der Waals surface area (Å²) in [4.78, 5) is 10.3. The zero-order valence-electron chi connectivity index (χ0n) is 20.8. The number of primary amides is 1. The van der Waals surface area contributed by atoms with Crippen LogP contribution in [0.4, 0.5) is 0 Å². The smallest absolute Gasteiger partial charge is 0.284 e. The van der Waals surface area contributed by atoms with Gasteiger partial charge in [-0.25, -0.2) is 0 Å². The summed E-state index contributed by atoms with van der Waals surface area (Å²) >= 11 is 0. The molecule has 1 heterocycles. The van der Waals surface area contributed by atoms with Gasteiger partial charge in [-0.3, -0.25) is 4.79 Å². The largest absolute Gasteiger partial charge is 0.456 e. The number of hydrogen-bond donors (Lipinski definition) is 1. The second-order valence-corrected chi connectivity index (χ2v) is 10.1. The predicted molar refractivity (Wildman–Crippen MR) is 135 cm³/mol. The molecule has 1 unspecified atom stereocenters. The number of carbonyl (C=O) groups is 1. The normalized spacial score (nSPS) is 18.2. The van der Waals surface area contributed by atoms with Gasteiger partial charge in [0.1, 0.15) is 5.76 Å². The fourth-order valence-electron chi connectivity index (χ4n) is 3.63. The Labute approximate surface area is 194 Å². The highest BCUT2D eigenvalue weighted by molar-refractivity contribution is 5.89. The molecule has 1 aromatic heterocycles. The molecule has 0 aliphatic heterocycles. The summed E-state index contributed by atoms with van der Waals surface area (Å²) < 4.78 is 4.87. The maximum absolute atomic E-state index is 10.3. The second-order valence-electron chi connectivity index (χ2n) is 10.1. The van der Waals surface area contributed by atoms with Crippen LogP contribution in [0.15, 0.2) is 64.1 Å². The van der Waals surface area contributed by atoms with Gasteiger partial charge >= 0.3 is 0 Å². The second kappa shape index (κ2) is 11.9. The molecule has 1 fully saturated rings. The fraction of sp³-hybridized carbons (Fsp3) is 0.483. The van der Waals surface area contributed by atoms with Gasteiger partial charge in [0.25, 0.3) is 5.91 Å². The number of nitrogens with two attached hydrogens (primary N) is 1. The molecule has 32 heavy (non-hydrogen) atoms. The lowest BCUT2D eigenvalue weighted by Crippen LogP contribution is -2.23. The number of rotatable bonds is 3. The monoisotopic (exact) mass is 435 g/mol. The van der Waals surface area contributed by atoms with Crippen LogP contribution in [-0.2, 0) is 0 Å². The lowest BCUT2D eigenvalue weighted by molar-refractivity contribution is 0.0972. The molecule has 4 rings (SSSR count). The van der Waals surface area contributed by atoms with Gasteiger partial charge in [0.05, 0.1) is 0 Å². The minimum Gasteiger partial charge on any atom is -0.456 e. The van der Waals surface area contributed by atoms with Crippen molar-refractivity contribution >= 4 is 11.5 Å². The minimum atomic E-state index is -0.525. The van der Waals surface area contributed by atoms with Crippen LogP contribution in [0, 0.1) is 18.3 Å². The van der Waals surface area contributed by atoms with Gasteiger partial charge in [-0.05, 0) is 80.2 Å². The zero-order valence-corrected chi connectivity index (χ0v) is 20.8. The van der Waals surface area contributed by atoms with Crippen LogP contribution in [-0.4, -0.2) is 5.91 Å². The summed E-state index contributed by atoms with van der Waals surface area (Å²) in [6, 6.07) is 14.0. The third kappa shape index (κ3) is 8.90. The Kier molecular flexibility index (Phi) is 9.56. The van der Waals surface area contributed by atoms with Crippen molar-refractivity contribution in [1.29, 1.82) is 0 Å². The van der Waals surface area contributed by atoms with Crippen LogP contribution in [0.2, 0.25) is 0 Å². The first kappa shape index (κ1) is 25.7. The van der Waals surface area contributed by atoms with Crippen LogP contribution in [0.25, 0.3) is 5.57 Å². The molecule has 2 aromatic rings. The molecule has 0 spiro atoms. The van der Waals surface area contributed by atoms with Gasteiger partial charge in [-0.15, -0.1) is 0 Å². The Hall–Kier alpha value is -2.55. The van der Waals surface area contributed by atoms with Gasteiger partial charge < -0.3 is 10.2 Å². The summed E-state index contributed by atoms with van der Waals surface area (Å²) in [5, 5.41) is 0. The van der Waals surface area contributed by atoms with Crippen LogP contribution < -0.4 is 5.73 Å². The first-order chi connectivity index (χ1) is 15.1. The third-order valence-electron chi connectivity index (χ3n) is 6.06. The summed E-state index contributed by atoms with van der Waals surface area (Å²) in [6.07, 6.45) is 10.8. The Balaban J connectivity index is 0.000000247. The van der Waals surface area contributed by atoms with E-state index in [0.717, 1.165) is 5.92 Å². The van der Waals surface area contributed by atoms with E-state index < -0.39 is 5.91 Å². The number of aryl methyl sites for hydroxylation is 1. The molecule has 2 N–H and O–H groups in total. The summed E-state index contributed by atoms with van der Waals surface area (Å²) in [5.74, 6) is 1.19. The van der Waals surface area contributed by atoms with Crippen LogP contribution in [0.1, 0.15) is 95.0 Å². The highest BCUT2D eigenvalue weighted by atomic mass is 16.3. The van der Waals surface area contributed by atoms with Crippen molar-refractivity contribution in [2.24, 2.45) is 17.1 Å². The Bertz CT molecular complexity index is 921. The molecule has 0 saturated heterocycles. The molecule has 2 aliphatic carbocycles. The quantitative estimate of drug-likeness (QED) is 0.529. The molecule has 0 bridgehead atoms. The molecule has 1 amide bonds. The average molecular weight is 436 g/mol. The Morgan fingerprint density at radius 3 is 2.09 bits per heavy atom. The molecule has 2 aliphatic rings. The molecule has 1 aromatic carbocycles. The SMILES string of the molecule is C1CC1.CC1=C(/C=C(\C)c2ccccc2)CC(C(C)(C)C)CC1.Cc1ccc(C(N)=O)o1. The fourth-order valence-corrected chi connectivity index (χ4v) is 3.63. The van der Waals surface area contributed by atoms with Gasteiger partial charge in [0.15, 0.2) is 5.76 Å². The lowest BCUT2D eigenvalue weighted by atomic mass is 9.70. The van der Waals surface area contributed by atoms with E-state index in [9.17, 15) is 4.79 Å². The van der Waals surface area contributed by atoms with E-state index in [-0.39, 0.29) is 5.76 Å². The highest BCUT2D eigenvalue weighted by Crippen LogP contribution is 2.41. The highest BCUT2D eigenvalue weighted by Gasteiger charge is 2.28. The first-order valence-electron chi connectivity index (χ1n) is 11.9. The van der Waals surface area contributed by atoms with Crippen LogP contribution >= 0.6 is 0 Å². The van der Waals surface area contributed by atoms with E-state index in [1.807, 2.05) is 0 Å². The Morgan fingerprint density at radius 2 is 1.66 bits per heavy atom. The van der Waals surface area contributed by atoms with Crippen molar-refractivity contribution in [2.75, 3.05) is 0 Å². The van der Waals surface area contributed by atoms with Crippen molar-refractivity contribution in [1.82, 2.24) is 0 Å². The van der Waals surface area contributed by atoms with Crippen molar-refractivity contribution in [3.8, 4) is 0 Å². The standard InChI is InChI=1S/C20H28.C6H7NO2.C3H6/c1-15-11-12-19(20(3,4)5)14-18(15)13-16(2)17-9-7-6-8-10-17;1-4-2-3-5(9-4)6(7)8;1-2-3-1/h6-10,13,19H,11-12,14H2,1-5H3;2-3H,1H3,(H2,7,8);1-3H2/b16-13+;;. The van der Waals surface area contributed by atoms with E-state index in [1.54, 1.807) is 30.2 Å². The van der Waals surface area contributed by atoms with Gasteiger partial charge in [-0.1, -0.05) is 82.0 Å². The zero-order chi connectivity index (χ0) is 23.7. The van der Waals surface area contributed by atoms with E-state index in [0.29, 0.717) is 11.2 Å². The number of furan rings is 1. The van der Waals surface area contributed by atoms with Gasteiger partial charge in [0, 0.05) is 0 Å². The molecular formula is C29H41NO2. The van der Waals surface area contributed by atoms with E-state index >= 15 is 0 Å². The first-order valence-corrected chi connectivity index (χ1v) is 11.9. The van der Waals surface area contributed by atoms with E-state index in [2.05, 4.69) is 71.0 Å². The average Bonchev–Trinajstić information content (AvgIpc) is 3.57. The summed E-state index contributed by atoms with van der Waals surface area (Å²) in [6.45, 7) is 13.4. The molecule has 1 atom stereocenters. The van der Waals surface area contributed by atoms with Crippen molar-refractivity contribution in [2.45, 2.75) is 80.1 Å². The molecule has 1 saturated carbocycles.